The fourth-order valence-corrected chi connectivity index (χ4v) is 0.753. The summed E-state index contributed by atoms with van der Waals surface area (Å²) in [6.07, 6.45) is 0. The molecule has 19 heavy (non-hydrogen) atoms. The third-order valence-electron chi connectivity index (χ3n) is 1.90. The summed E-state index contributed by atoms with van der Waals surface area (Å²) in [5, 5.41) is 0. The van der Waals surface area contributed by atoms with Crippen molar-refractivity contribution in [3.05, 3.63) is 13.3 Å². The summed E-state index contributed by atoms with van der Waals surface area (Å²) in [7, 11) is 0. The second-order valence-corrected chi connectivity index (χ2v) is 3.19. The number of hydrogen-bond acceptors (Lipinski definition) is 0. The second kappa shape index (κ2) is 4.62. The Labute approximate surface area is 96.9 Å². The maximum absolute atomic E-state index is 12.5. The van der Waals surface area contributed by atoms with Crippen LogP contribution in [0.5, 0.6) is 0 Å². The van der Waals surface area contributed by atoms with Gasteiger partial charge in [0.05, 0.1) is 0 Å². The molecule has 0 aliphatic heterocycles. The highest BCUT2D eigenvalue weighted by molar-refractivity contribution is 5.11. The monoisotopic (exact) mass is 314 g/mol. The first-order chi connectivity index (χ1) is 8.12. The van der Waals surface area contributed by atoms with E-state index in [-0.39, 0.29) is 0 Å². The smallest absolute Gasteiger partial charge is 0.237 e. The van der Waals surface area contributed by atoms with Gasteiger partial charge >= 0.3 is 29.6 Å². The van der Waals surface area contributed by atoms with Gasteiger partial charge in [-0.05, 0) is 0 Å². The molecule has 0 spiro atoms. The molecule has 0 unspecified atom stereocenters. The van der Waals surface area contributed by atoms with Crippen molar-refractivity contribution in [2.24, 2.45) is 0 Å². The van der Waals surface area contributed by atoms with Crippen molar-refractivity contribution in [3.63, 3.8) is 0 Å². The minimum Gasteiger partial charge on any atom is -0.237 e. The van der Waals surface area contributed by atoms with E-state index in [0.717, 1.165) is 0 Å². The molecular formula is C7H2F12. The van der Waals surface area contributed by atoms with Gasteiger partial charge in [-0.3, -0.25) is 0 Å². The molecule has 0 aromatic heterocycles. The van der Waals surface area contributed by atoms with Gasteiger partial charge in [-0.25, -0.2) is 8.78 Å². The molecule has 0 saturated heterocycles. The van der Waals surface area contributed by atoms with Crippen LogP contribution in [0.3, 0.4) is 0 Å². The van der Waals surface area contributed by atoms with Crippen LogP contribution in [0.2, 0.25) is 0 Å². The topological polar surface area (TPSA) is 0 Å². The van der Waals surface area contributed by atoms with E-state index in [0.29, 0.717) is 0 Å². The van der Waals surface area contributed by atoms with Gasteiger partial charge in [-0.2, -0.15) is 43.9 Å². The summed E-state index contributed by atoms with van der Waals surface area (Å²) >= 11 is 0. The Morgan fingerprint density at radius 3 is 0.789 bits per heavy atom. The first-order valence-electron chi connectivity index (χ1n) is 3.90. The Morgan fingerprint density at radius 1 is 0.421 bits per heavy atom. The summed E-state index contributed by atoms with van der Waals surface area (Å²) in [5.74, 6) is -34.9. The average molecular weight is 314 g/mol. The van der Waals surface area contributed by atoms with Crippen LogP contribution in [0.25, 0.3) is 0 Å². The molecule has 0 N–H and O–H groups in total. The van der Waals surface area contributed by atoms with Gasteiger partial charge in [0.1, 0.15) is 0 Å². The Bertz CT molecular complexity index is 288. The predicted octanol–water partition coefficient (Wildman–Crippen LogP) is 4.43. The first kappa shape index (κ1) is 18.2. The SMILES string of the molecule is F[CH]C(F)(F)C(F)(F)C(F)(F)C(F)(F)C(F)(F)[CH]F. The lowest BCUT2D eigenvalue weighted by Crippen LogP contribution is -2.67. The molecule has 0 rings (SSSR count). The standard InChI is InChI=1S/C7H2F12/c8-1-3(10,11)5(14,15)7(18,19)6(16,17)4(12,13)2-9/h1-2H. The molecule has 2 radical (unpaired) electrons. The van der Waals surface area contributed by atoms with Crippen LogP contribution in [-0.4, -0.2) is 29.6 Å². The Morgan fingerprint density at radius 2 is 0.632 bits per heavy atom. The third-order valence-corrected chi connectivity index (χ3v) is 1.90. The van der Waals surface area contributed by atoms with Gasteiger partial charge in [0, 0.05) is 0 Å². The molecule has 0 fully saturated rings. The summed E-state index contributed by atoms with van der Waals surface area (Å²) in [4.78, 5) is 0. The van der Waals surface area contributed by atoms with E-state index in [1.807, 2.05) is 0 Å². The molecule has 0 aliphatic carbocycles. The van der Waals surface area contributed by atoms with Gasteiger partial charge in [0.25, 0.3) is 0 Å². The fraction of sp³-hybridized carbons (Fsp3) is 0.714. The first-order valence-corrected chi connectivity index (χ1v) is 3.90. The van der Waals surface area contributed by atoms with Crippen LogP contribution < -0.4 is 0 Å². The predicted molar refractivity (Wildman–Crippen MR) is 35.6 cm³/mol. The van der Waals surface area contributed by atoms with Crippen LogP contribution in [0.15, 0.2) is 0 Å². The van der Waals surface area contributed by atoms with Crippen molar-refractivity contribution in [3.8, 4) is 0 Å². The van der Waals surface area contributed by atoms with Gasteiger partial charge < -0.3 is 0 Å². The molecule has 0 bridgehead atoms. The van der Waals surface area contributed by atoms with Crippen molar-refractivity contribution >= 4 is 0 Å². The van der Waals surface area contributed by atoms with Crippen molar-refractivity contribution in [2.45, 2.75) is 29.6 Å². The fourth-order valence-electron chi connectivity index (χ4n) is 0.753. The van der Waals surface area contributed by atoms with E-state index in [4.69, 9.17) is 0 Å². The van der Waals surface area contributed by atoms with Crippen LogP contribution >= 0.6 is 0 Å². The van der Waals surface area contributed by atoms with Crippen LogP contribution in [0.1, 0.15) is 0 Å². The molecule has 0 atom stereocenters. The highest BCUT2D eigenvalue weighted by Crippen LogP contribution is 2.58. The van der Waals surface area contributed by atoms with E-state index in [1.165, 1.54) is 0 Å². The Balaban J connectivity index is 5.86. The Hall–Kier alpha value is -0.840. The normalized spacial score (nSPS) is 15.8. The molecular weight excluding hydrogens is 312 g/mol. The highest BCUT2D eigenvalue weighted by atomic mass is 19.4. The maximum Gasteiger partial charge on any atom is 0.384 e. The van der Waals surface area contributed by atoms with E-state index < -0.39 is 43.0 Å². The van der Waals surface area contributed by atoms with Gasteiger partial charge in [0.15, 0.2) is 0 Å². The largest absolute Gasteiger partial charge is 0.384 e. The number of rotatable bonds is 6. The van der Waals surface area contributed by atoms with E-state index in [9.17, 15) is 52.7 Å². The van der Waals surface area contributed by atoms with Crippen LogP contribution in [0.4, 0.5) is 52.7 Å². The zero-order chi connectivity index (χ0) is 15.9. The molecule has 12 heteroatoms. The van der Waals surface area contributed by atoms with Crippen LogP contribution in [0, 0.1) is 13.3 Å². The van der Waals surface area contributed by atoms with Crippen molar-refractivity contribution in [1.82, 2.24) is 0 Å². The summed E-state index contributed by atoms with van der Waals surface area (Å²) < 4.78 is 146. The lowest BCUT2D eigenvalue weighted by atomic mass is 9.95. The quantitative estimate of drug-likeness (QED) is 0.637. The van der Waals surface area contributed by atoms with Gasteiger partial charge in [-0.1, -0.05) is 0 Å². The van der Waals surface area contributed by atoms with Crippen molar-refractivity contribution < 1.29 is 52.7 Å². The lowest BCUT2D eigenvalue weighted by Gasteiger charge is -2.37. The number of alkyl halides is 10. The molecule has 0 aliphatic rings. The third kappa shape index (κ3) is 2.33. The van der Waals surface area contributed by atoms with E-state index in [2.05, 4.69) is 0 Å². The van der Waals surface area contributed by atoms with Gasteiger partial charge in [-0.15, -0.1) is 0 Å². The molecule has 0 heterocycles. The number of hydrogen-bond donors (Lipinski definition) is 0. The van der Waals surface area contributed by atoms with Crippen molar-refractivity contribution in [1.29, 1.82) is 0 Å². The minimum absolute atomic E-state index is 2.37. The summed E-state index contributed by atoms with van der Waals surface area (Å²) in [6, 6.07) is 0. The Kier molecular flexibility index (Phi) is 4.41. The minimum atomic E-state index is -7.45. The zero-order valence-electron chi connectivity index (χ0n) is 8.19. The average Bonchev–Trinajstić information content (AvgIpc) is 2.27. The molecule has 0 nitrogen and oxygen atoms in total. The summed E-state index contributed by atoms with van der Waals surface area (Å²) in [6.45, 7) is -4.73. The maximum atomic E-state index is 12.5. The van der Waals surface area contributed by atoms with E-state index >= 15 is 0 Å². The van der Waals surface area contributed by atoms with Gasteiger partial charge in [0.2, 0.25) is 13.3 Å². The number of halogens is 12. The molecule has 114 valence electrons. The molecule has 0 aromatic carbocycles. The molecule has 0 aromatic rings. The lowest BCUT2D eigenvalue weighted by molar-refractivity contribution is -0.395. The van der Waals surface area contributed by atoms with Crippen molar-refractivity contribution in [2.75, 3.05) is 0 Å². The van der Waals surface area contributed by atoms with Crippen LogP contribution in [-0.2, 0) is 0 Å². The van der Waals surface area contributed by atoms with E-state index in [1.54, 1.807) is 0 Å². The highest BCUT2D eigenvalue weighted by Gasteiger charge is 2.86. The molecule has 0 saturated carbocycles. The summed E-state index contributed by atoms with van der Waals surface area (Å²) in [5.41, 5.74) is 0. The molecule has 0 amide bonds. The zero-order valence-corrected chi connectivity index (χ0v) is 8.19. The second-order valence-electron chi connectivity index (χ2n) is 3.19.